The van der Waals surface area contributed by atoms with Crippen LogP contribution in [0, 0.1) is 27.3 Å². The first-order valence-electron chi connectivity index (χ1n) is 9.87. The standard InChI is InChI=1S/C24H17BrFN3O6/c1-34-22-10-14(9-18(25)23(22)35-13-15-4-2-3-5-19(15)26)8-16(12-27)24(31)28-20-7-6-17(29(32)33)11-21(20)30/h2-11,30H,13H2,1H3,(H,28,31). The Labute approximate surface area is 207 Å². The molecule has 2 N–H and O–H groups in total. The molecule has 0 bridgehead atoms. The summed E-state index contributed by atoms with van der Waals surface area (Å²) >= 11 is 3.36. The Morgan fingerprint density at radius 1 is 1.29 bits per heavy atom. The Hall–Kier alpha value is -4.43. The Balaban J connectivity index is 1.83. The van der Waals surface area contributed by atoms with Crippen molar-refractivity contribution in [1.29, 1.82) is 5.26 Å². The van der Waals surface area contributed by atoms with Crippen molar-refractivity contribution in [3.05, 3.63) is 91.7 Å². The molecule has 3 aromatic rings. The van der Waals surface area contributed by atoms with E-state index < -0.39 is 22.4 Å². The van der Waals surface area contributed by atoms with Gasteiger partial charge in [0.2, 0.25) is 0 Å². The molecule has 3 aromatic carbocycles. The number of benzene rings is 3. The topological polar surface area (TPSA) is 135 Å². The fourth-order valence-corrected chi connectivity index (χ4v) is 3.55. The second kappa shape index (κ2) is 11.1. The average Bonchev–Trinajstić information content (AvgIpc) is 2.83. The minimum Gasteiger partial charge on any atom is -0.506 e. The summed E-state index contributed by atoms with van der Waals surface area (Å²) in [7, 11) is 1.40. The quantitative estimate of drug-likeness (QED) is 0.129. The molecule has 0 saturated carbocycles. The number of carbonyl (C=O) groups is 1. The van der Waals surface area contributed by atoms with Crippen LogP contribution >= 0.6 is 15.9 Å². The van der Waals surface area contributed by atoms with Gasteiger partial charge < -0.3 is 19.9 Å². The maximum Gasteiger partial charge on any atom is 0.273 e. The second-order valence-corrected chi connectivity index (χ2v) is 7.85. The number of nitriles is 1. The summed E-state index contributed by atoms with van der Waals surface area (Å²) in [6.45, 7) is -0.0542. The fourth-order valence-electron chi connectivity index (χ4n) is 2.97. The van der Waals surface area contributed by atoms with E-state index in [1.165, 1.54) is 25.3 Å². The summed E-state index contributed by atoms with van der Waals surface area (Å²) in [5.41, 5.74) is -0.00473. The molecule has 35 heavy (non-hydrogen) atoms. The zero-order valence-electron chi connectivity index (χ0n) is 18.1. The molecular weight excluding hydrogens is 525 g/mol. The summed E-state index contributed by atoms with van der Waals surface area (Å²) in [5.74, 6) is -1.21. The van der Waals surface area contributed by atoms with Gasteiger partial charge in [-0.2, -0.15) is 5.26 Å². The van der Waals surface area contributed by atoms with Gasteiger partial charge in [-0.25, -0.2) is 4.39 Å². The highest BCUT2D eigenvalue weighted by molar-refractivity contribution is 9.10. The van der Waals surface area contributed by atoms with E-state index in [-0.39, 0.29) is 29.3 Å². The first-order chi connectivity index (χ1) is 16.7. The molecule has 9 nitrogen and oxygen atoms in total. The summed E-state index contributed by atoms with van der Waals surface area (Å²) < 4.78 is 25.4. The third kappa shape index (κ3) is 6.13. The number of hydrogen-bond acceptors (Lipinski definition) is 7. The molecule has 0 saturated heterocycles. The third-order valence-electron chi connectivity index (χ3n) is 4.70. The van der Waals surface area contributed by atoms with Crippen molar-refractivity contribution < 1.29 is 28.7 Å². The minimum atomic E-state index is -0.841. The number of rotatable bonds is 8. The zero-order chi connectivity index (χ0) is 25.5. The summed E-state index contributed by atoms with van der Waals surface area (Å²) in [6.07, 6.45) is 1.28. The van der Waals surface area contributed by atoms with E-state index >= 15 is 0 Å². The van der Waals surface area contributed by atoms with Crippen molar-refractivity contribution >= 4 is 39.3 Å². The Bertz CT molecular complexity index is 1370. The molecule has 0 aliphatic rings. The monoisotopic (exact) mass is 541 g/mol. The number of nitro groups is 1. The number of aromatic hydroxyl groups is 1. The number of nitrogens with zero attached hydrogens (tertiary/aromatic N) is 2. The number of methoxy groups -OCH3 is 1. The van der Waals surface area contributed by atoms with Gasteiger partial charge in [0.1, 0.15) is 29.8 Å². The Morgan fingerprint density at radius 2 is 2.03 bits per heavy atom. The van der Waals surface area contributed by atoms with Gasteiger partial charge in [-0.05, 0) is 51.8 Å². The second-order valence-electron chi connectivity index (χ2n) is 7.00. The van der Waals surface area contributed by atoms with Gasteiger partial charge >= 0.3 is 0 Å². The smallest absolute Gasteiger partial charge is 0.273 e. The first kappa shape index (κ1) is 25.2. The summed E-state index contributed by atoms with van der Waals surface area (Å²) in [6, 6.07) is 14.2. The number of amides is 1. The predicted molar refractivity (Wildman–Crippen MR) is 128 cm³/mol. The van der Waals surface area contributed by atoms with Crippen molar-refractivity contribution in [3.8, 4) is 23.3 Å². The van der Waals surface area contributed by atoms with Crippen molar-refractivity contribution in [2.45, 2.75) is 6.61 Å². The molecule has 0 aliphatic carbocycles. The van der Waals surface area contributed by atoms with E-state index in [4.69, 9.17) is 9.47 Å². The minimum absolute atomic E-state index is 0.0542. The largest absolute Gasteiger partial charge is 0.506 e. The van der Waals surface area contributed by atoms with Crippen molar-refractivity contribution in [3.63, 3.8) is 0 Å². The number of nitrogens with one attached hydrogen (secondary N) is 1. The van der Waals surface area contributed by atoms with E-state index in [0.29, 0.717) is 21.3 Å². The molecule has 1 amide bonds. The van der Waals surface area contributed by atoms with Gasteiger partial charge in [0, 0.05) is 11.6 Å². The van der Waals surface area contributed by atoms with Crippen LogP contribution in [0.4, 0.5) is 15.8 Å². The van der Waals surface area contributed by atoms with Crippen molar-refractivity contribution in [1.82, 2.24) is 0 Å². The molecule has 0 spiro atoms. The Kier molecular flexibility index (Phi) is 8.01. The molecule has 0 atom stereocenters. The molecule has 178 valence electrons. The van der Waals surface area contributed by atoms with E-state index in [9.17, 15) is 29.7 Å². The lowest BCUT2D eigenvalue weighted by Crippen LogP contribution is -2.13. The maximum atomic E-state index is 13.9. The van der Waals surface area contributed by atoms with Crippen molar-refractivity contribution in [2.24, 2.45) is 0 Å². The molecule has 0 unspecified atom stereocenters. The number of phenols is 1. The normalized spacial score (nSPS) is 10.9. The number of hydrogen-bond donors (Lipinski definition) is 2. The van der Waals surface area contributed by atoms with Crippen LogP contribution < -0.4 is 14.8 Å². The van der Waals surface area contributed by atoms with E-state index in [1.54, 1.807) is 30.3 Å². The van der Waals surface area contributed by atoms with Crippen LogP contribution in [0.15, 0.2) is 64.6 Å². The van der Waals surface area contributed by atoms with Crippen LogP contribution in [-0.4, -0.2) is 23.0 Å². The molecule has 0 heterocycles. The predicted octanol–water partition coefficient (Wildman–Crippen LogP) is 5.34. The molecule has 0 fully saturated rings. The van der Waals surface area contributed by atoms with Crippen molar-refractivity contribution in [2.75, 3.05) is 12.4 Å². The maximum absolute atomic E-state index is 13.9. The van der Waals surface area contributed by atoms with Gasteiger partial charge in [-0.15, -0.1) is 0 Å². The number of phenolic OH excluding ortho intramolecular Hbond substituents is 1. The highest BCUT2D eigenvalue weighted by Crippen LogP contribution is 2.38. The van der Waals surface area contributed by atoms with Gasteiger partial charge in [-0.3, -0.25) is 14.9 Å². The fraction of sp³-hybridized carbons (Fsp3) is 0.0833. The van der Waals surface area contributed by atoms with E-state index in [1.807, 2.05) is 0 Å². The summed E-state index contributed by atoms with van der Waals surface area (Å²) in [5, 5.41) is 32.5. The molecule has 11 heteroatoms. The van der Waals surface area contributed by atoms with Gasteiger partial charge in [0.15, 0.2) is 11.5 Å². The number of carbonyl (C=O) groups excluding carboxylic acids is 1. The molecule has 3 rings (SSSR count). The molecule has 0 radical (unpaired) electrons. The van der Waals surface area contributed by atoms with Gasteiger partial charge in [0.25, 0.3) is 11.6 Å². The number of anilines is 1. The summed E-state index contributed by atoms with van der Waals surface area (Å²) in [4.78, 5) is 22.7. The van der Waals surface area contributed by atoms with Crippen LogP contribution in [0.5, 0.6) is 17.2 Å². The van der Waals surface area contributed by atoms with E-state index in [0.717, 1.165) is 18.2 Å². The Morgan fingerprint density at radius 3 is 2.66 bits per heavy atom. The van der Waals surface area contributed by atoms with Crippen LogP contribution in [0.3, 0.4) is 0 Å². The third-order valence-corrected chi connectivity index (χ3v) is 5.29. The van der Waals surface area contributed by atoms with E-state index in [2.05, 4.69) is 21.2 Å². The lowest BCUT2D eigenvalue weighted by atomic mass is 10.1. The van der Waals surface area contributed by atoms with Crippen LogP contribution in [0.1, 0.15) is 11.1 Å². The first-order valence-corrected chi connectivity index (χ1v) is 10.7. The lowest BCUT2D eigenvalue weighted by Gasteiger charge is -2.14. The average molecular weight is 542 g/mol. The highest BCUT2D eigenvalue weighted by Gasteiger charge is 2.17. The molecule has 0 aromatic heterocycles. The number of ether oxygens (including phenoxy) is 2. The van der Waals surface area contributed by atoms with Crippen LogP contribution in [0.2, 0.25) is 0 Å². The molecular formula is C24H17BrFN3O6. The number of non-ortho nitro benzene ring substituents is 1. The zero-order valence-corrected chi connectivity index (χ0v) is 19.7. The molecule has 0 aliphatic heterocycles. The highest BCUT2D eigenvalue weighted by atomic mass is 79.9. The SMILES string of the molecule is COc1cc(C=C(C#N)C(=O)Nc2ccc([N+](=O)[O-])cc2O)cc(Br)c1OCc1ccccc1F. The number of halogens is 2. The lowest BCUT2D eigenvalue weighted by molar-refractivity contribution is -0.384. The van der Waals surface area contributed by atoms with Crippen LogP contribution in [0.25, 0.3) is 6.08 Å². The number of nitro benzene ring substituents is 1. The van der Waals surface area contributed by atoms with Gasteiger partial charge in [-0.1, -0.05) is 18.2 Å². The van der Waals surface area contributed by atoms with Crippen LogP contribution in [-0.2, 0) is 11.4 Å². The van der Waals surface area contributed by atoms with Gasteiger partial charge in [0.05, 0.1) is 28.3 Å².